The summed E-state index contributed by atoms with van der Waals surface area (Å²) in [4.78, 5) is 47.6. The number of halogens is 2. The van der Waals surface area contributed by atoms with Gasteiger partial charge in [0.2, 0.25) is 11.8 Å². The van der Waals surface area contributed by atoms with E-state index in [4.69, 9.17) is 23.2 Å². The minimum Gasteiger partial charge on any atom is -0.361 e. The van der Waals surface area contributed by atoms with Gasteiger partial charge in [-0.3, -0.25) is 14.4 Å². The molecule has 1 N–H and O–H groups in total. The molecule has 2 fully saturated rings. The first kappa shape index (κ1) is 26.6. The van der Waals surface area contributed by atoms with Crippen LogP contribution in [0.2, 0.25) is 10.0 Å². The number of nitrogens with zero attached hydrogens (tertiary/aromatic N) is 3. The van der Waals surface area contributed by atoms with Gasteiger partial charge in [0.15, 0.2) is 0 Å². The molecule has 7 nitrogen and oxygen atoms in total. The average Bonchev–Trinajstić information content (AvgIpc) is 3.41. The molecule has 2 saturated heterocycles. The summed E-state index contributed by atoms with van der Waals surface area (Å²) in [7, 11) is 1.84. The van der Waals surface area contributed by atoms with Gasteiger partial charge in [0.1, 0.15) is 0 Å². The lowest BCUT2D eigenvalue weighted by atomic mass is 9.83. The van der Waals surface area contributed by atoms with Gasteiger partial charge in [-0.1, -0.05) is 29.3 Å². The molecule has 2 aliphatic heterocycles. The second-order valence-electron chi connectivity index (χ2n) is 10.4. The van der Waals surface area contributed by atoms with Gasteiger partial charge in [0.05, 0.1) is 10.0 Å². The second kappa shape index (κ2) is 11.0. The number of carbonyl (C=O) groups excluding carboxylic acids is 3. The molecule has 3 heterocycles. The van der Waals surface area contributed by atoms with Crippen molar-refractivity contribution in [1.29, 1.82) is 0 Å². The van der Waals surface area contributed by atoms with Crippen molar-refractivity contribution < 1.29 is 14.4 Å². The third-order valence-corrected chi connectivity index (χ3v) is 8.91. The van der Waals surface area contributed by atoms with Crippen LogP contribution in [0, 0.1) is 5.92 Å². The number of likely N-dealkylation sites (N-methyl/N-ethyl adjacent to an activating group) is 1. The highest BCUT2D eigenvalue weighted by molar-refractivity contribution is 6.42. The summed E-state index contributed by atoms with van der Waals surface area (Å²) in [5.74, 6) is -0.0864. The molecule has 0 unspecified atom stereocenters. The molecular formula is C29H32Cl2N4O3. The third kappa shape index (κ3) is 5.27. The Labute approximate surface area is 232 Å². The number of hydrogen-bond acceptors (Lipinski definition) is 3. The number of aromatic nitrogens is 1. The van der Waals surface area contributed by atoms with E-state index in [1.807, 2.05) is 59.4 Å². The molecule has 2 atom stereocenters. The van der Waals surface area contributed by atoms with Crippen molar-refractivity contribution in [2.45, 2.75) is 38.1 Å². The van der Waals surface area contributed by atoms with Crippen LogP contribution >= 0.6 is 23.2 Å². The average molecular weight is 556 g/mol. The lowest BCUT2D eigenvalue weighted by molar-refractivity contribution is -0.141. The molecular weight excluding hydrogens is 523 g/mol. The van der Waals surface area contributed by atoms with Crippen molar-refractivity contribution in [2.24, 2.45) is 5.92 Å². The Hall–Kier alpha value is -3.03. The zero-order chi connectivity index (χ0) is 27.0. The fourth-order valence-corrected chi connectivity index (χ4v) is 6.22. The topological polar surface area (TPSA) is 76.7 Å². The fourth-order valence-electron chi connectivity index (χ4n) is 5.91. The van der Waals surface area contributed by atoms with Crippen LogP contribution in [0.1, 0.15) is 48.0 Å². The number of rotatable bonds is 4. The first-order valence-electron chi connectivity index (χ1n) is 13.1. The summed E-state index contributed by atoms with van der Waals surface area (Å²) in [6, 6.07) is 13.1. The van der Waals surface area contributed by atoms with E-state index < -0.39 is 0 Å². The molecule has 2 aromatic carbocycles. The van der Waals surface area contributed by atoms with Crippen LogP contribution in [0.25, 0.3) is 10.9 Å². The molecule has 9 heteroatoms. The number of nitrogens with one attached hydrogen (secondary N) is 1. The Morgan fingerprint density at radius 1 is 0.921 bits per heavy atom. The lowest BCUT2D eigenvalue weighted by Crippen LogP contribution is -2.53. The summed E-state index contributed by atoms with van der Waals surface area (Å²) in [6.07, 6.45) is 3.86. The van der Waals surface area contributed by atoms with Crippen molar-refractivity contribution in [1.82, 2.24) is 19.7 Å². The maximum Gasteiger partial charge on any atom is 0.253 e. The Kier molecular flexibility index (Phi) is 7.68. The van der Waals surface area contributed by atoms with Gasteiger partial charge < -0.3 is 19.7 Å². The minimum atomic E-state index is -0.121. The summed E-state index contributed by atoms with van der Waals surface area (Å²) in [5, 5.41) is 1.91. The first-order valence-corrected chi connectivity index (χ1v) is 13.8. The lowest BCUT2D eigenvalue weighted by Gasteiger charge is -2.44. The van der Waals surface area contributed by atoms with Gasteiger partial charge >= 0.3 is 0 Å². The molecule has 38 heavy (non-hydrogen) atoms. The molecule has 3 amide bonds. The van der Waals surface area contributed by atoms with E-state index in [0.29, 0.717) is 61.1 Å². The Morgan fingerprint density at radius 2 is 1.66 bits per heavy atom. The van der Waals surface area contributed by atoms with Crippen LogP contribution in [0.3, 0.4) is 0 Å². The summed E-state index contributed by atoms with van der Waals surface area (Å²) < 4.78 is 0. The molecule has 0 spiro atoms. The van der Waals surface area contributed by atoms with Crippen molar-refractivity contribution in [3.8, 4) is 0 Å². The van der Waals surface area contributed by atoms with Gasteiger partial charge in [-0.15, -0.1) is 0 Å². The van der Waals surface area contributed by atoms with E-state index in [1.54, 1.807) is 17.9 Å². The predicted octanol–water partition coefficient (Wildman–Crippen LogP) is 5.19. The SMILES string of the molecule is CC(=O)N1CCC(C(=O)N2CC[C@@H](N(C)C(=O)c3ccc4[nH]ccc4c3)[C@H](c3ccc(Cl)c(Cl)c3)C2)CC1. The number of carbonyl (C=O) groups is 3. The molecule has 0 radical (unpaired) electrons. The van der Waals surface area contributed by atoms with Gasteiger partial charge in [-0.2, -0.15) is 0 Å². The smallest absolute Gasteiger partial charge is 0.253 e. The number of aromatic amines is 1. The van der Waals surface area contributed by atoms with Crippen LogP contribution in [-0.4, -0.2) is 76.7 Å². The molecule has 200 valence electrons. The van der Waals surface area contributed by atoms with Gasteiger partial charge in [0, 0.05) is 80.7 Å². The van der Waals surface area contributed by atoms with Gasteiger partial charge in [0.25, 0.3) is 5.91 Å². The highest BCUT2D eigenvalue weighted by Crippen LogP contribution is 2.35. The molecule has 1 aromatic heterocycles. The highest BCUT2D eigenvalue weighted by atomic mass is 35.5. The maximum absolute atomic E-state index is 13.6. The molecule has 5 rings (SSSR count). The zero-order valence-electron chi connectivity index (χ0n) is 21.6. The molecule has 0 aliphatic carbocycles. The van der Waals surface area contributed by atoms with E-state index in [0.717, 1.165) is 16.5 Å². The van der Waals surface area contributed by atoms with E-state index in [-0.39, 0.29) is 35.6 Å². The number of piperidine rings is 2. The molecule has 2 aliphatic rings. The normalized spacial score (nSPS) is 20.5. The molecule has 3 aromatic rings. The minimum absolute atomic E-state index is 0.0553. The molecule has 0 saturated carbocycles. The Bertz CT molecular complexity index is 1360. The summed E-state index contributed by atoms with van der Waals surface area (Å²) >= 11 is 12.6. The number of H-pyrrole nitrogens is 1. The first-order chi connectivity index (χ1) is 18.2. The van der Waals surface area contributed by atoms with Gasteiger partial charge in [-0.25, -0.2) is 0 Å². The van der Waals surface area contributed by atoms with Crippen LogP contribution in [0.5, 0.6) is 0 Å². The van der Waals surface area contributed by atoms with Crippen molar-refractivity contribution in [2.75, 3.05) is 33.2 Å². The van der Waals surface area contributed by atoms with E-state index >= 15 is 0 Å². The van der Waals surface area contributed by atoms with E-state index in [2.05, 4.69) is 4.98 Å². The van der Waals surface area contributed by atoms with Crippen LogP contribution in [-0.2, 0) is 9.59 Å². The van der Waals surface area contributed by atoms with Crippen molar-refractivity contribution in [3.05, 3.63) is 69.8 Å². The number of hydrogen-bond donors (Lipinski definition) is 1. The Morgan fingerprint density at radius 3 is 2.37 bits per heavy atom. The third-order valence-electron chi connectivity index (χ3n) is 8.17. The quantitative estimate of drug-likeness (QED) is 0.482. The Balaban J connectivity index is 1.37. The van der Waals surface area contributed by atoms with Crippen LogP contribution in [0.4, 0.5) is 0 Å². The van der Waals surface area contributed by atoms with Crippen LogP contribution in [0.15, 0.2) is 48.7 Å². The van der Waals surface area contributed by atoms with Crippen LogP contribution < -0.4 is 0 Å². The standard InChI is InChI=1S/C29H32Cl2N4O3/c1-18(36)34-12-8-19(9-13-34)29(38)35-14-10-27(23(17-35)20-3-5-24(30)25(31)16-20)33(2)28(37)22-4-6-26-21(15-22)7-11-32-26/h3-7,11,15-16,19,23,27,32H,8-10,12-14,17H2,1-2H3/t23-,27+/m0/s1. The monoisotopic (exact) mass is 554 g/mol. The highest BCUT2D eigenvalue weighted by Gasteiger charge is 2.39. The number of benzene rings is 2. The van der Waals surface area contributed by atoms with Crippen molar-refractivity contribution >= 4 is 51.8 Å². The summed E-state index contributed by atoms with van der Waals surface area (Å²) in [5.41, 5.74) is 2.57. The number of amides is 3. The largest absolute Gasteiger partial charge is 0.361 e. The predicted molar refractivity (Wildman–Crippen MR) is 150 cm³/mol. The summed E-state index contributed by atoms with van der Waals surface area (Å²) in [6.45, 7) is 3.86. The fraction of sp³-hybridized carbons (Fsp3) is 0.414. The number of likely N-dealkylation sites (tertiary alicyclic amines) is 2. The van der Waals surface area contributed by atoms with E-state index in [9.17, 15) is 14.4 Å². The molecule has 0 bridgehead atoms. The number of fused-ring (bicyclic) bond motifs is 1. The van der Waals surface area contributed by atoms with E-state index in [1.165, 1.54) is 0 Å². The maximum atomic E-state index is 13.6. The van der Waals surface area contributed by atoms with Crippen molar-refractivity contribution in [3.63, 3.8) is 0 Å². The van der Waals surface area contributed by atoms with Gasteiger partial charge in [-0.05, 0) is 61.2 Å². The zero-order valence-corrected chi connectivity index (χ0v) is 23.1. The second-order valence-corrected chi connectivity index (χ2v) is 11.2.